The molecule has 1 aliphatic heterocycles. The van der Waals surface area contributed by atoms with Crippen molar-refractivity contribution in [2.45, 2.75) is 47.1 Å². The number of aryl methyl sites for hydroxylation is 4. The van der Waals surface area contributed by atoms with Crippen molar-refractivity contribution < 1.29 is 4.42 Å². The van der Waals surface area contributed by atoms with Crippen LogP contribution in [0.4, 0.5) is 5.69 Å². The van der Waals surface area contributed by atoms with Crippen molar-refractivity contribution in [3.63, 3.8) is 0 Å². The molecule has 0 unspecified atom stereocenters. The molecule has 27 heavy (non-hydrogen) atoms. The number of benzene rings is 1. The fourth-order valence-electron chi connectivity index (χ4n) is 3.36. The average molecular weight is 370 g/mol. The standard InChI is InChI=1S/C21H31N5O/c1-14-5-6-19(11-15(14)2)25-21(22)23-12-18-7-9-26(10-8-18)13-20-24-16(3)17(4)27-20/h5-6,11,18H,7-10,12-13H2,1-4H3,(H3,22,23,25). The molecule has 0 atom stereocenters. The smallest absolute Gasteiger partial charge is 0.208 e. The fraction of sp³-hybridized carbons (Fsp3) is 0.524. The molecule has 2 heterocycles. The fourth-order valence-corrected chi connectivity index (χ4v) is 3.36. The van der Waals surface area contributed by atoms with Gasteiger partial charge in [0.25, 0.3) is 0 Å². The number of aromatic nitrogens is 1. The summed E-state index contributed by atoms with van der Waals surface area (Å²) in [4.78, 5) is 11.4. The van der Waals surface area contributed by atoms with E-state index in [1.807, 2.05) is 19.9 Å². The summed E-state index contributed by atoms with van der Waals surface area (Å²) >= 11 is 0. The van der Waals surface area contributed by atoms with Crippen LogP contribution in [0.5, 0.6) is 0 Å². The number of nitrogens with two attached hydrogens (primary N) is 1. The van der Waals surface area contributed by atoms with Crippen molar-refractivity contribution in [1.29, 1.82) is 0 Å². The normalized spacial score (nSPS) is 16.7. The highest BCUT2D eigenvalue weighted by molar-refractivity contribution is 5.92. The summed E-state index contributed by atoms with van der Waals surface area (Å²) in [7, 11) is 0. The van der Waals surface area contributed by atoms with Gasteiger partial charge in [0.05, 0.1) is 12.2 Å². The van der Waals surface area contributed by atoms with Crippen molar-refractivity contribution in [2.75, 3.05) is 25.0 Å². The molecule has 0 radical (unpaired) electrons. The Balaban J connectivity index is 1.44. The summed E-state index contributed by atoms with van der Waals surface area (Å²) in [6.07, 6.45) is 2.25. The van der Waals surface area contributed by atoms with Gasteiger partial charge in [0.1, 0.15) is 5.76 Å². The van der Waals surface area contributed by atoms with E-state index in [0.29, 0.717) is 11.9 Å². The topological polar surface area (TPSA) is 79.7 Å². The molecular weight excluding hydrogens is 338 g/mol. The minimum Gasteiger partial charge on any atom is -0.444 e. The number of aliphatic imine (C=N–C) groups is 1. The molecule has 0 amide bonds. The van der Waals surface area contributed by atoms with E-state index in [2.05, 4.69) is 46.2 Å². The molecule has 3 rings (SSSR count). The van der Waals surface area contributed by atoms with Crippen molar-refractivity contribution in [3.8, 4) is 0 Å². The maximum Gasteiger partial charge on any atom is 0.208 e. The summed E-state index contributed by atoms with van der Waals surface area (Å²) in [5.41, 5.74) is 10.6. The largest absolute Gasteiger partial charge is 0.444 e. The van der Waals surface area contributed by atoms with Gasteiger partial charge in [0, 0.05) is 12.2 Å². The van der Waals surface area contributed by atoms with Crippen LogP contribution in [0.25, 0.3) is 0 Å². The monoisotopic (exact) mass is 369 g/mol. The summed E-state index contributed by atoms with van der Waals surface area (Å²) < 4.78 is 5.70. The molecule has 3 N–H and O–H groups in total. The Hall–Kier alpha value is -2.34. The number of rotatable bonds is 5. The first kappa shape index (κ1) is 19.4. The number of hydrogen-bond donors (Lipinski definition) is 2. The van der Waals surface area contributed by atoms with Crippen LogP contribution < -0.4 is 11.1 Å². The lowest BCUT2D eigenvalue weighted by molar-refractivity contribution is 0.166. The number of piperidine rings is 1. The molecule has 1 aliphatic rings. The van der Waals surface area contributed by atoms with Crippen LogP contribution in [-0.4, -0.2) is 35.5 Å². The molecule has 1 saturated heterocycles. The Kier molecular flexibility index (Phi) is 6.16. The lowest BCUT2D eigenvalue weighted by Crippen LogP contribution is -2.34. The zero-order valence-electron chi connectivity index (χ0n) is 16.9. The van der Waals surface area contributed by atoms with Gasteiger partial charge in [-0.3, -0.25) is 9.89 Å². The van der Waals surface area contributed by atoms with Crippen molar-refractivity contribution in [1.82, 2.24) is 9.88 Å². The van der Waals surface area contributed by atoms with Crippen molar-refractivity contribution in [2.24, 2.45) is 16.6 Å². The van der Waals surface area contributed by atoms with Crippen LogP contribution in [-0.2, 0) is 6.54 Å². The van der Waals surface area contributed by atoms with Gasteiger partial charge in [0.15, 0.2) is 5.96 Å². The van der Waals surface area contributed by atoms with Gasteiger partial charge >= 0.3 is 0 Å². The van der Waals surface area contributed by atoms with E-state index in [9.17, 15) is 0 Å². The number of hydrogen-bond acceptors (Lipinski definition) is 4. The minimum absolute atomic E-state index is 0.492. The first-order chi connectivity index (χ1) is 12.9. The van der Waals surface area contributed by atoms with Crippen molar-refractivity contribution >= 4 is 11.6 Å². The summed E-state index contributed by atoms with van der Waals surface area (Å²) in [5.74, 6) is 2.81. The summed E-state index contributed by atoms with van der Waals surface area (Å²) in [5, 5.41) is 3.20. The molecule has 6 nitrogen and oxygen atoms in total. The lowest BCUT2D eigenvalue weighted by atomic mass is 9.97. The maximum absolute atomic E-state index is 6.06. The van der Waals surface area contributed by atoms with E-state index in [4.69, 9.17) is 10.2 Å². The second-order valence-electron chi connectivity index (χ2n) is 7.62. The van der Waals surface area contributed by atoms with Crippen LogP contribution >= 0.6 is 0 Å². The van der Waals surface area contributed by atoms with Crippen LogP contribution in [0.2, 0.25) is 0 Å². The molecule has 1 aromatic carbocycles. The number of anilines is 1. The maximum atomic E-state index is 6.06. The molecule has 0 spiro atoms. The van der Waals surface area contributed by atoms with E-state index in [1.165, 1.54) is 11.1 Å². The average Bonchev–Trinajstić information content (AvgIpc) is 2.95. The second kappa shape index (κ2) is 8.57. The number of nitrogens with one attached hydrogen (secondary N) is 1. The van der Waals surface area contributed by atoms with Crippen molar-refractivity contribution in [3.05, 3.63) is 46.7 Å². The predicted molar refractivity (Wildman–Crippen MR) is 110 cm³/mol. The third-order valence-electron chi connectivity index (χ3n) is 5.44. The van der Waals surface area contributed by atoms with E-state index < -0.39 is 0 Å². The molecule has 0 bridgehead atoms. The van der Waals surface area contributed by atoms with Crippen LogP contribution in [0.3, 0.4) is 0 Å². The van der Waals surface area contributed by atoms with E-state index >= 15 is 0 Å². The molecule has 6 heteroatoms. The molecule has 1 fully saturated rings. The van der Waals surface area contributed by atoms with Gasteiger partial charge in [-0.1, -0.05) is 6.07 Å². The van der Waals surface area contributed by atoms with Gasteiger partial charge < -0.3 is 15.5 Å². The minimum atomic E-state index is 0.492. The third-order valence-corrected chi connectivity index (χ3v) is 5.44. The molecule has 1 aromatic heterocycles. The Bertz CT molecular complexity index is 783. The SMILES string of the molecule is Cc1ccc(NC(N)=NCC2CCN(Cc3nc(C)c(C)o3)CC2)cc1C. The van der Waals surface area contributed by atoms with Crippen LogP contribution in [0.15, 0.2) is 27.6 Å². The number of guanidine groups is 1. The molecular formula is C21H31N5O. The zero-order valence-corrected chi connectivity index (χ0v) is 16.9. The highest BCUT2D eigenvalue weighted by atomic mass is 16.4. The Labute approximate surface area is 161 Å². The number of nitrogens with zero attached hydrogens (tertiary/aromatic N) is 3. The van der Waals surface area contributed by atoms with E-state index in [1.54, 1.807) is 0 Å². The zero-order chi connectivity index (χ0) is 19.4. The molecule has 146 valence electrons. The molecule has 0 saturated carbocycles. The number of likely N-dealkylation sites (tertiary alicyclic amines) is 1. The van der Waals surface area contributed by atoms with Gasteiger partial charge in [-0.25, -0.2) is 4.98 Å². The first-order valence-corrected chi connectivity index (χ1v) is 9.70. The highest BCUT2D eigenvalue weighted by Crippen LogP contribution is 2.20. The Morgan fingerprint density at radius 2 is 1.96 bits per heavy atom. The molecule has 2 aromatic rings. The lowest BCUT2D eigenvalue weighted by Gasteiger charge is -2.30. The summed E-state index contributed by atoms with van der Waals surface area (Å²) in [6.45, 7) is 11.8. The van der Waals surface area contributed by atoms with E-state index in [0.717, 1.165) is 62.1 Å². The highest BCUT2D eigenvalue weighted by Gasteiger charge is 2.20. The number of oxazole rings is 1. The second-order valence-corrected chi connectivity index (χ2v) is 7.62. The Morgan fingerprint density at radius 1 is 1.22 bits per heavy atom. The van der Waals surface area contributed by atoms with Gasteiger partial charge in [-0.05, 0) is 82.8 Å². The van der Waals surface area contributed by atoms with Gasteiger partial charge in [0.2, 0.25) is 5.89 Å². The molecule has 0 aliphatic carbocycles. The summed E-state index contributed by atoms with van der Waals surface area (Å²) in [6, 6.07) is 6.23. The van der Waals surface area contributed by atoms with Crippen LogP contribution in [0.1, 0.15) is 41.3 Å². The quantitative estimate of drug-likeness (QED) is 0.622. The Morgan fingerprint density at radius 3 is 2.59 bits per heavy atom. The predicted octanol–water partition coefficient (Wildman–Crippen LogP) is 3.55. The van der Waals surface area contributed by atoms with Gasteiger partial charge in [-0.2, -0.15) is 0 Å². The van der Waals surface area contributed by atoms with E-state index in [-0.39, 0.29) is 0 Å². The third kappa shape index (κ3) is 5.32. The van der Waals surface area contributed by atoms with Crippen LogP contribution in [0, 0.1) is 33.6 Å². The van der Waals surface area contributed by atoms with Gasteiger partial charge in [-0.15, -0.1) is 0 Å². The first-order valence-electron chi connectivity index (χ1n) is 9.70.